The van der Waals surface area contributed by atoms with Gasteiger partial charge in [0.2, 0.25) is 0 Å². The molecule has 1 N–H and O–H groups in total. The Morgan fingerprint density at radius 2 is 1.68 bits per heavy atom. The molecule has 6 nitrogen and oxygen atoms in total. The number of unbranched alkanes of at least 4 members (excludes halogenated alkanes) is 5. The monoisotopic (exact) mass is 294 g/mol. The van der Waals surface area contributed by atoms with Gasteiger partial charge in [0.1, 0.15) is 0 Å². The molecule has 0 bridgehead atoms. The summed E-state index contributed by atoms with van der Waals surface area (Å²) in [6.45, 7) is 3.95. The Morgan fingerprint density at radius 1 is 1.16 bits per heavy atom. The third-order valence-electron chi connectivity index (χ3n) is 2.43. The SMILES string of the molecule is C=CC(=O)OCCCCCCCCOP(=O)(O)OC. The van der Waals surface area contributed by atoms with Crippen LogP contribution in [-0.4, -0.2) is 31.2 Å². The normalized spacial score (nSPS) is 13.8. The second kappa shape index (κ2) is 11.2. The molecule has 0 radical (unpaired) electrons. The molecule has 1 unspecified atom stereocenters. The fourth-order valence-corrected chi connectivity index (χ4v) is 1.84. The van der Waals surface area contributed by atoms with Gasteiger partial charge in [0.05, 0.1) is 13.2 Å². The van der Waals surface area contributed by atoms with Gasteiger partial charge in [0.15, 0.2) is 0 Å². The number of hydrogen-bond donors (Lipinski definition) is 1. The molecule has 0 aliphatic rings. The fourth-order valence-electron chi connectivity index (χ4n) is 1.38. The van der Waals surface area contributed by atoms with Crippen LogP contribution >= 0.6 is 7.82 Å². The number of ether oxygens (including phenoxy) is 1. The highest BCUT2D eigenvalue weighted by molar-refractivity contribution is 7.47. The van der Waals surface area contributed by atoms with Gasteiger partial charge in [0.25, 0.3) is 0 Å². The molecule has 0 aliphatic heterocycles. The highest BCUT2D eigenvalue weighted by Gasteiger charge is 2.17. The van der Waals surface area contributed by atoms with E-state index in [2.05, 4.69) is 15.6 Å². The first-order valence-electron chi connectivity index (χ1n) is 6.34. The highest BCUT2D eigenvalue weighted by Crippen LogP contribution is 2.41. The van der Waals surface area contributed by atoms with Gasteiger partial charge in [-0.3, -0.25) is 9.05 Å². The number of carbonyl (C=O) groups is 1. The van der Waals surface area contributed by atoms with E-state index in [0.717, 1.165) is 51.7 Å². The lowest BCUT2D eigenvalue weighted by Crippen LogP contribution is -2.01. The molecule has 0 aromatic carbocycles. The molecule has 0 amide bonds. The van der Waals surface area contributed by atoms with Crippen LogP contribution in [0.5, 0.6) is 0 Å². The lowest BCUT2D eigenvalue weighted by atomic mass is 10.1. The van der Waals surface area contributed by atoms with Crippen LogP contribution in [0, 0.1) is 0 Å². The van der Waals surface area contributed by atoms with E-state index in [0.29, 0.717) is 6.61 Å². The fraction of sp³-hybridized carbons (Fsp3) is 0.750. The van der Waals surface area contributed by atoms with E-state index < -0.39 is 7.82 Å². The average Bonchev–Trinajstić information content (AvgIpc) is 2.40. The van der Waals surface area contributed by atoms with Crippen molar-refractivity contribution in [3.63, 3.8) is 0 Å². The summed E-state index contributed by atoms with van der Waals surface area (Å²) < 4.78 is 24.7. The van der Waals surface area contributed by atoms with E-state index in [9.17, 15) is 9.36 Å². The standard InChI is InChI=1S/C12H23O6P/c1-3-12(13)17-10-8-6-4-5-7-9-11-18-19(14,15)16-2/h3H,1,4-11H2,2H3,(H,14,15). The van der Waals surface area contributed by atoms with Crippen molar-refractivity contribution in [1.82, 2.24) is 0 Å². The van der Waals surface area contributed by atoms with E-state index in [-0.39, 0.29) is 12.6 Å². The molecule has 1 atom stereocenters. The van der Waals surface area contributed by atoms with Crippen LogP contribution in [0.2, 0.25) is 0 Å². The van der Waals surface area contributed by atoms with Crippen molar-refractivity contribution in [1.29, 1.82) is 0 Å². The third kappa shape index (κ3) is 12.1. The van der Waals surface area contributed by atoms with Crippen molar-refractivity contribution >= 4 is 13.8 Å². The van der Waals surface area contributed by atoms with Crippen molar-refractivity contribution in [2.75, 3.05) is 20.3 Å². The van der Waals surface area contributed by atoms with Crippen molar-refractivity contribution in [3.8, 4) is 0 Å². The molecule has 0 heterocycles. The summed E-state index contributed by atoms with van der Waals surface area (Å²) in [7, 11) is -2.67. The minimum atomic E-state index is -3.81. The average molecular weight is 294 g/mol. The van der Waals surface area contributed by atoms with E-state index in [1.165, 1.54) is 0 Å². The molecule has 0 aromatic heterocycles. The Bertz CT molecular complexity index is 305. The summed E-state index contributed by atoms with van der Waals surface area (Å²) in [5.41, 5.74) is 0. The summed E-state index contributed by atoms with van der Waals surface area (Å²) in [5.74, 6) is -0.385. The summed E-state index contributed by atoms with van der Waals surface area (Å²) in [4.78, 5) is 19.7. The van der Waals surface area contributed by atoms with Gasteiger partial charge < -0.3 is 9.63 Å². The third-order valence-corrected chi connectivity index (χ3v) is 3.41. The largest absolute Gasteiger partial charge is 0.471 e. The molecule has 0 aliphatic carbocycles. The lowest BCUT2D eigenvalue weighted by Gasteiger charge is -2.08. The zero-order chi connectivity index (χ0) is 14.6. The molecule has 19 heavy (non-hydrogen) atoms. The van der Waals surface area contributed by atoms with Crippen LogP contribution in [-0.2, 0) is 23.1 Å². The molecule has 0 saturated heterocycles. The first-order chi connectivity index (χ1) is 9.02. The zero-order valence-corrected chi connectivity index (χ0v) is 12.3. The van der Waals surface area contributed by atoms with Crippen LogP contribution in [0.4, 0.5) is 0 Å². The molecule has 0 rings (SSSR count). The van der Waals surface area contributed by atoms with Gasteiger partial charge in [-0.15, -0.1) is 0 Å². The van der Waals surface area contributed by atoms with Gasteiger partial charge >= 0.3 is 13.8 Å². The molecular weight excluding hydrogens is 271 g/mol. The Labute approximate surface area is 114 Å². The number of hydrogen-bond acceptors (Lipinski definition) is 5. The lowest BCUT2D eigenvalue weighted by molar-refractivity contribution is -0.137. The van der Waals surface area contributed by atoms with Crippen molar-refractivity contribution < 1.29 is 28.0 Å². The van der Waals surface area contributed by atoms with Crippen LogP contribution in [0.15, 0.2) is 12.7 Å². The van der Waals surface area contributed by atoms with Crippen LogP contribution in [0.25, 0.3) is 0 Å². The molecule has 0 saturated carbocycles. The number of phosphoric ester groups is 1. The Balaban J connectivity index is 3.21. The molecule has 0 fully saturated rings. The number of rotatable bonds is 12. The second-order valence-electron chi connectivity index (χ2n) is 3.98. The summed E-state index contributed by atoms with van der Waals surface area (Å²) >= 11 is 0. The Morgan fingerprint density at radius 3 is 2.21 bits per heavy atom. The molecule has 0 spiro atoms. The zero-order valence-electron chi connectivity index (χ0n) is 11.4. The smallest absolute Gasteiger partial charge is 0.463 e. The van der Waals surface area contributed by atoms with Gasteiger partial charge in [-0.1, -0.05) is 32.3 Å². The topological polar surface area (TPSA) is 82.1 Å². The van der Waals surface area contributed by atoms with Crippen molar-refractivity contribution in [2.45, 2.75) is 38.5 Å². The van der Waals surface area contributed by atoms with Gasteiger partial charge in [-0.25, -0.2) is 9.36 Å². The molecule has 0 aromatic rings. The second-order valence-corrected chi connectivity index (χ2v) is 5.54. The number of phosphoric acid groups is 1. The van der Waals surface area contributed by atoms with Gasteiger partial charge in [-0.2, -0.15) is 0 Å². The predicted octanol–water partition coefficient (Wildman–Crippen LogP) is 2.82. The highest BCUT2D eigenvalue weighted by atomic mass is 31.2. The van der Waals surface area contributed by atoms with E-state index in [1.807, 2.05) is 0 Å². The summed E-state index contributed by atoms with van der Waals surface area (Å²) in [6.07, 6.45) is 6.68. The summed E-state index contributed by atoms with van der Waals surface area (Å²) in [6, 6.07) is 0. The molecule has 112 valence electrons. The van der Waals surface area contributed by atoms with Crippen molar-refractivity contribution in [2.24, 2.45) is 0 Å². The number of carbonyl (C=O) groups excluding carboxylic acids is 1. The van der Waals surface area contributed by atoms with Crippen molar-refractivity contribution in [3.05, 3.63) is 12.7 Å². The maximum Gasteiger partial charge on any atom is 0.471 e. The first-order valence-corrected chi connectivity index (χ1v) is 7.83. The van der Waals surface area contributed by atoms with Gasteiger partial charge in [-0.05, 0) is 12.8 Å². The maximum absolute atomic E-state index is 10.9. The van der Waals surface area contributed by atoms with E-state index in [1.54, 1.807) is 0 Å². The van der Waals surface area contributed by atoms with Gasteiger partial charge in [0, 0.05) is 13.2 Å². The quantitative estimate of drug-likeness (QED) is 0.258. The predicted molar refractivity (Wildman–Crippen MR) is 71.6 cm³/mol. The van der Waals surface area contributed by atoms with Crippen LogP contribution in [0.3, 0.4) is 0 Å². The number of esters is 1. The van der Waals surface area contributed by atoms with E-state index in [4.69, 9.17) is 9.63 Å². The van der Waals surface area contributed by atoms with Crippen LogP contribution in [0.1, 0.15) is 38.5 Å². The van der Waals surface area contributed by atoms with Crippen LogP contribution < -0.4 is 0 Å². The Hall–Kier alpha value is -0.680. The molecule has 7 heteroatoms. The minimum absolute atomic E-state index is 0.221. The molecular formula is C12H23O6P. The Kier molecular flexibility index (Phi) is 10.8. The maximum atomic E-state index is 10.9. The minimum Gasteiger partial charge on any atom is -0.463 e. The first kappa shape index (κ1) is 18.3. The summed E-state index contributed by atoms with van der Waals surface area (Å²) in [5, 5.41) is 0. The van der Waals surface area contributed by atoms with E-state index >= 15 is 0 Å².